The third kappa shape index (κ3) is 4.58. The molecule has 0 N–H and O–H groups in total. The number of hydrogen-bond acceptors (Lipinski definition) is 6. The molecule has 1 saturated heterocycles. The van der Waals surface area contributed by atoms with Crippen molar-refractivity contribution in [2.24, 2.45) is 0 Å². The highest BCUT2D eigenvalue weighted by Crippen LogP contribution is 2.27. The van der Waals surface area contributed by atoms with Gasteiger partial charge in [-0.15, -0.1) is 10.2 Å². The van der Waals surface area contributed by atoms with E-state index in [-0.39, 0.29) is 18.7 Å². The first-order chi connectivity index (χ1) is 18.2. The van der Waals surface area contributed by atoms with Crippen LogP contribution in [-0.4, -0.2) is 56.3 Å². The van der Waals surface area contributed by atoms with Gasteiger partial charge in [0.2, 0.25) is 5.95 Å². The second-order valence-corrected chi connectivity index (χ2v) is 9.40. The van der Waals surface area contributed by atoms with Crippen LogP contribution in [0, 0.1) is 0 Å². The van der Waals surface area contributed by atoms with Gasteiger partial charge in [0.15, 0.2) is 5.65 Å². The molecule has 0 saturated carbocycles. The summed E-state index contributed by atoms with van der Waals surface area (Å²) >= 11 is 0. The highest BCUT2D eigenvalue weighted by molar-refractivity contribution is 5.92. The molecule has 8 nitrogen and oxygen atoms in total. The first-order valence-corrected chi connectivity index (χ1v) is 12.6. The molecule has 0 spiro atoms. The molecule has 1 atom stereocenters. The summed E-state index contributed by atoms with van der Waals surface area (Å²) in [5, 5.41) is 10.1. The Morgan fingerprint density at radius 3 is 2.35 bits per heavy atom. The number of anilines is 1. The summed E-state index contributed by atoms with van der Waals surface area (Å²) in [5.41, 5.74) is 3.81. The third-order valence-electron chi connectivity index (χ3n) is 6.85. The largest absolute Gasteiger partial charge is 0.445 e. The van der Waals surface area contributed by atoms with Crippen molar-refractivity contribution >= 4 is 28.6 Å². The first-order valence-electron chi connectivity index (χ1n) is 12.6. The number of rotatable bonds is 5. The number of amides is 1. The summed E-state index contributed by atoms with van der Waals surface area (Å²) < 4.78 is 7.68. The maximum absolute atomic E-state index is 12.9. The number of hydrogen-bond donors (Lipinski definition) is 0. The minimum absolute atomic E-state index is 0.0469. The average Bonchev–Trinajstić information content (AvgIpc) is 3.36. The number of carbonyl (C=O) groups excluding carboxylic acids is 1. The molecule has 0 radical (unpaired) electrons. The standard InChI is InChI=1S/C29H28N6O2/c1-21-19-33(16-17-34(21)29(36)37-20-23-12-6-3-7-13-23)28-30-25-15-9-8-14-24(25)27-32-31-26(35(27)28)18-22-10-4-2-5-11-22/h2-15,21H,16-20H2,1H3. The summed E-state index contributed by atoms with van der Waals surface area (Å²) in [6, 6.07) is 28.0. The molecule has 1 aliphatic heterocycles. The van der Waals surface area contributed by atoms with Crippen molar-refractivity contribution < 1.29 is 9.53 Å². The van der Waals surface area contributed by atoms with Crippen LogP contribution in [0.3, 0.4) is 0 Å². The molecule has 3 heterocycles. The van der Waals surface area contributed by atoms with E-state index in [0.29, 0.717) is 26.1 Å². The average molecular weight is 493 g/mol. The Morgan fingerprint density at radius 2 is 1.59 bits per heavy atom. The summed E-state index contributed by atoms with van der Waals surface area (Å²) in [4.78, 5) is 22.0. The minimum atomic E-state index is -0.290. The lowest BCUT2D eigenvalue weighted by Crippen LogP contribution is -2.54. The molecule has 0 aliphatic carbocycles. The number of para-hydroxylation sites is 1. The van der Waals surface area contributed by atoms with Crippen molar-refractivity contribution in [1.82, 2.24) is 24.5 Å². The van der Waals surface area contributed by atoms with Crippen molar-refractivity contribution in [1.29, 1.82) is 0 Å². The summed E-state index contributed by atoms with van der Waals surface area (Å²) in [6.45, 7) is 4.12. The predicted molar refractivity (Wildman–Crippen MR) is 143 cm³/mol. The Labute approximate surface area is 215 Å². The number of benzene rings is 3. The van der Waals surface area contributed by atoms with Crippen LogP contribution >= 0.6 is 0 Å². The Bertz CT molecular complexity index is 1540. The van der Waals surface area contributed by atoms with E-state index < -0.39 is 0 Å². The van der Waals surface area contributed by atoms with Crippen molar-refractivity contribution in [2.75, 3.05) is 24.5 Å². The lowest BCUT2D eigenvalue weighted by Gasteiger charge is -2.39. The second kappa shape index (κ2) is 9.89. The zero-order chi connectivity index (χ0) is 25.2. The van der Waals surface area contributed by atoms with Crippen molar-refractivity contribution in [3.05, 3.63) is 102 Å². The molecule has 1 fully saturated rings. The second-order valence-electron chi connectivity index (χ2n) is 9.40. The lowest BCUT2D eigenvalue weighted by molar-refractivity contribution is 0.0793. The molecule has 5 aromatic rings. The highest BCUT2D eigenvalue weighted by atomic mass is 16.6. The molecule has 8 heteroatoms. The topological polar surface area (TPSA) is 75.9 Å². The number of carbonyl (C=O) groups is 1. The van der Waals surface area contributed by atoms with Gasteiger partial charge in [0.1, 0.15) is 12.4 Å². The Morgan fingerprint density at radius 1 is 0.892 bits per heavy atom. The maximum atomic E-state index is 12.9. The van der Waals surface area contributed by atoms with Gasteiger partial charge >= 0.3 is 6.09 Å². The number of ether oxygens (including phenoxy) is 1. The summed E-state index contributed by atoms with van der Waals surface area (Å²) in [5.74, 6) is 1.64. The van der Waals surface area contributed by atoms with Gasteiger partial charge in [-0.05, 0) is 30.2 Å². The van der Waals surface area contributed by atoms with Crippen LogP contribution in [0.1, 0.15) is 23.9 Å². The lowest BCUT2D eigenvalue weighted by atomic mass is 10.1. The van der Waals surface area contributed by atoms with E-state index in [1.54, 1.807) is 4.90 Å². The molecule has 37 heavy (non-hydrogen) atoms. The summed E-state index contributed by atoms with van der Waals surface area (Å²) in [7, 11) is 0. The van der Waals surface area contributed by atoms with Crippen molar-refractivity contribution in [3.63, 3.8) is 0 Å². The highest BCUT2D eigenvalue weighted by Gasteiger charge is 2.31. The predicted octanol–water partition coefficient (Wildman–Crippen LogP) is 4.72. The molecule has 1 aliphatic rings. The molecule has 186 valence electrons. The molecular formula is C29H28N6O2. The first kappa shape index (κ1) is 23.0. The minimum Gasteiger partial charge on any atom is -0.445 e. The fraction of sp³-hybridized carbons (Fsp3) is 0.241. The zero-order valence-electron chi connectivity index (χ0n) is 20.7. The smallest absolute Gasteiger partial charge is 0.410 e. The van der Waals surface area contributed by atoms with E-state index in [9.17, 15) is 4.79 Å². The van der Waals surface area contributed by atoms with Crippen molar-refractivity contribution in [2.45, 2.75) is 26.0 Å². The van der Waals surface area contributed by atoms with E-state index in [0.717, 1.165) is 39.4 Å². The fourth-order valence-electron chi connectivity index (χ4n) is 4.94. The molecule has 1 unspecified atom stereocenters. The number of piperazine rings is 1. The van der Waals surface area contributed by atoms with Crippen LogP contribution < -0.4 is 4.90 Å². The van der Waals surface area contributed by atoms with E-state index >= 15 is 0 Å². The van der Waals surface area contributed by atoms with Crippen LogP contribution in [-0.2, 0) is 17.8 Å². The number of aromatic nitrogens is 4. The SMILES string of the molecule is CC1CN(c2nc3ccccc3c3nnc(Cc4ccccc4)n23)CCN1C(=O)OCc1ccccc1. The van der Waals surface area contributed by atoms with Gasteiger partial charge in [-0.25, -0.2) is 14.2 Å². The molecule has 1 amide bonds. The Kier molecular flexibility index (Phi) is 6.14. The zero-order valence-corrected chi connectivity index (χ0v) is 20.7. The van der Waals surface area contributed by atoms with E-state index in [4.69, 9.17) is 9.72 Å². The fourth-order valence-corrected chi connectivity index (χ4v) is 4.94. The Hall–Kier alpha value is -4.46. The van der Waals surface area contributed by atoms with Gasteiger partial charge in [-0.1, -0.05) is 72.8 Å². The van der Waals surface area contributed by atoms with Crippen LogP contribution in [0.15, 0.2) is 84.9 Å². The quantitative estimate of drug-likeness (QED) is 0.354. The van der Waals surface area contributed by atoms with Gasteiger partial charge in [0.25, 0.3) is 0 Å². The van der Waals surface area contributed by atoms with Crippen LogP contribution in [0.4, 0.5) is 10.7 Å². The molecule has 2 aromatic heterocycles. The Balaban J connectivity index is 1.28. The monoisotopic (exact) mass is 492 g/mol. The van der Waals surface area contributed by atoms with Crippen molar-refractivity contribution in [3.8, 4) is 0 Å². The van der Waals surface area contributed by atoms with E-state index in [1.807, 2.05) is 79.7 Å². The third-order valence-corrected chi connectivity index (χ3v) is 6.85. The molecule has 0 bridgehead atoms. The van der Waals surface area contributed by atoms with Gasteiger partial charge in [0, 0.05) is 37.5 Å². The molecule has 6 rings (SSSR count). The summed E-state index contributed by atoms with van der Waals surface area (Å²) in [6.07, 6.45) is 0.359. The van der Waals surface area contributed by atoms with Crippen LogP contribution in [0.2, 0.25) is 0 Å². The van der Waals surface area contributed by atoms with Crippen LogP contribution in [0.5, 0.6) is 0 Å². The number of fused-ring (bicyclic) bond motifs is 3. The van der Waals surface area contributed by atoms with Crippen LogP contribution in [0.25, 0.3) is 16.6 Å². The normalized spacial score (nSPS) is 15.9. The van der Waals surface area contributed by atoms with E-state index in [1.165, 1.54) is 0 Å². The molecule has 3 aromatic carbocycles. The van der Waals surface area contributed by atoms with E-state index in [2.05, 4.69) is 31.6 Å². The molecular weight excluding hydrogens is 464 g/mol. The van der Waals surface area contributed by atoms with Gasteiger partial charge < -0.3 is 14.5 Å². The maximum Gasteiger partial charge on any atom is 0.410 e. The van der Waals surface area contributed by atoms with Gasteiger partial charge in [-0.3, -0.25) is 0 Å². The van der Waals surface area contributed by atoms with Gasteiger partial charge in [0.05, 0.1) is 5.52 Å². The number of nitrogens with zero attached hydrogens (tertiary/aromatic N) is 6. The van der Waals surface area contributed by atoms with Gasteiger partial charge in [-0.2, -0.15) is 0 Å².